The van der Waals surface area contributed by atoms with Gasteiger partial charge in [-0.2, -0.15) is 0 Å². The van der Waals surface area contributed by atoms with Gasteiger partial charge in [-0.25, -0.2) is 4.39 Å². The van der Waals surface area contributed by atoms with E-state index in [0.29, 0.717) is 10.0 Å². The van der Waals surface area contributed by atoms with Gasteiger partial charge < -0.3 is 5.32 Å². The molecule has 108 valence electrons. The fourth-order valence-electron chi connectivity index (χ4n) is 2.05. The standard InChI is InChI=1S/C15H16BrClFNS/c1-2-7-19-13(9-10-4-3-8-20-10)11-5-6-12(16)14(17)15(11)18/h3-6,8,13,19H,2,7,9H2,1H3. The lowest BCUT2D eigenvalue weighted by atomic mass is 10.0. The van der Waals surface area contributed by atoms with E-state index in [-0.39, 0.29) is 16.9 Å². The molecular weight excluding hydrogens is 361 g/mol. The SMILES string of the molecule is CCCNC(Cc1cccs1)c1ccc(Br)c(Cl)c1F. The van der Waals surface area contributed by atoms with E-state index in [2.05, 4.69) is 34.2 Å². The Hall–Kier alpha value is -0.420. The van der Waals surface area contributed by atoms with Gasteiger partial charge in [-0.1, -0.05) is 30.7 Å². The first-order chi connectivity index (χ1) is 9.63. The highest BCUT2D eigenvalue weighted by Crippen LogP contribution is 2.32. The van der Waals surface area contributed by atoms with Crippen LogP contribution in [0.5, 0.6) is 0 Å². The van der Waals surface area contributed by atoms with Gasteiger partial charge in [0.25, 0.3) is 0 Å². The van der Waals surface area contributed by atoms with Crippen molar-refractivity contribution < 1.29 is 4.39 Å². The van der Waals surface area contributed by atoms with E-state index in [9.17, 15) is 4.39 Å². The first kappa shape index (κ1) is 16.0. The quantitative estimate of drug-likeness (QED) is 0.648. The Morgan fingerprint density at radius 1 is 1.40 bits per heavy atom. The van der Waals surface area contributed by atoms with Gasteiger partial charge in [-0.3, -0.25) is 0 Å². The molecule has 1 unspecified atom stereocenters. The predicted octanol–water partition coefficient (Wildman–Crippen LogP) is 5.59. The minimum atomic E-state index is -0.341. The van der Waals surface area contributed by atoms with Crippen molar-refractivity contribution in [2.75, 3.05) is 6.54 Å². The predicted molar refractivity (Wildman–Crippen MR) is 88.2 cm³/mol. The lowest BCUT2D eigenvalue weighted by Gasteiger charge is -2.20. The number of thiophene rings is 1. The zero-order valence-electron chi connectivity index (χ0n) is 11.1. The van der Waals surface area contributed by atoms with Crippen LogP contribution >= 0.6 is 38.9 Å². The van der Waals surface area contributed by atoms with Crippen LogP contribution in [0.25, 0.3) is 0 Å². The molecule has 1 nitrogen and oxygen atoms in total. The summed E-state index contributed by atoms with van der Waals surface area (Å²) in [6.45, 7) is 2.95. The van der Waals surface area contributed by atoms with Gasteiger partial charge in [0.2, 0.25) is 0 Å². The fraction of sp³-hybridized carbons (Fsp3) is 0.333. The van der Waals surface area contributed by atoms with E-state index >= 15 is 0 Å². The van der Waals surface area contributed by atoms with Crippen LogP contribution < -0.4 is 5.32 Å². The maximum atomic E-state index is 14.4. The van der Waals surface area contributed by atoms with Gasteiger partial charge in [0.1, 0.15) is 5.82 Å². The average Bonchev–Trinajstić information content (AvgIpc) is 2.94. The highest BCUT2D eigenvalue weighted by molar-refractivity contribution is 9.10. The highest BCUT2D eigenvalue weighted by atomic mass is 79.9. The molecule has 20 heavy (non-hydrogen) atoms. The molecule has 0 fully saturated rings. The Morgan fingerprint density at radius 3 is 2.85 bits per heavy atom. The van der Waals surface area contributed by atoms with Crippen LogP contribution in [0.15, 0.2) is 34.1 Å². The lowest BCUT2D eigenvalue weighted by molar-refractivity contribution is 0.499. The van der Waals surface area contributed by atoms with Gasteiger partial charge >= 0.3 is 0 Å². The Bertz CT molecular complexity index is 559. The second-order valence-corrected chi connectivity index (χ2v) is 6.82. The molecule has 0 aliphatic carbocycles. The van der Waals surface area contributed by atoms with Gasteiger partial charge in [-0.15, -0.1) is 11.3 Å². The van der Waals surface area contributed by atoms with E-state index < -0.39 is 0 Å². The molecule has 2 rings (SSSR count). The van der Waals surface area contributed by atoms with Crippen molar-refractivity contribution in [1.29, 1.82) is 0 Å². The molecule has 0 bridgehead atoms. The highest BCUT2D eigenvalue weighted by Gasteiger charge is 2.19. The summed E-state index contributed by atoms with van der Waals surface area (Å²) in [4.78, 5) is 1.23. The second kappa shape index (κ2) is 7.55. The van der Waals surface area contributed by atoms with Crippen molar-refractivity contribution in [3.63, 3.8) is 0 Å². The molecule has 0 amide bonds. The molecule has 0 aliphatic heterocycles. The Kier molecular flexibility index (Phi) is 6.02. The summed E-state index contributed by atoms with van der Waals surface area (Å²) >= 11 is 10.9. The van der Waals surface area contributed by atoms with Crippen LogP contribution in [-0.4, -0.2) is 6.54 Å². The monoisotopic (exact) mass is 375 g/mol. The summed E-state index contributed by atoms with van der Waals surface area (Å²) in [5, 5.41) is 5.59. The Labute approximate surface area is 136 Å². The van der Waals surface area contributed by atoms with E-state index in [4.69, 9.17) is 11.6 Å². The van der Waals surface area contributed by atoms with E-state index in [0.717, 1.165) is 19.4 Å². The number of hydrogen-bond acceptors (Lipinski definition) is 2. The third-order valence-corrected chi connectivity index (χ3v) is 5.22. The maximum absolute atomic E-state index is 14.4. The average molecular weight is 377 g/mol. The van der Waals surface area contributed by atoms with Crippen LogP contribution in [0.2, 0.25) is 5.02 Å². The molecule has 1 heterocycles. The minimum Gasteiger partial charge on any atom is -0.310 e. The molecule has 0 saturated carbocycles. The summed E-state index contributed by atoms with van der Waals surface area (Å²) in [6.07, 6.45) is 1.78. The molecule has 1 aromatic carbocycles. The molecule has 0 radical (unpaired) electrons. The molecule has 1 aromatic heterocycles. The van der Waals surface area contributed by atoms with Gasteiger partial charge in [0.05, 0.1) is 5.02 Å². The molecular formula is C15H16BrClFNS. The van der Waals surface area contributed by atoms with Crippen molar-refractivity contribution >= 4 is 38.9 Å². The molecule has 5 heteroatoms. The number of rotatable bonds is 6. The Balaban J connectivity index is 2.28. The minimum absolute atomic E-state index is 0.0563. The summed E-state index contributed by atoms with van der Waals surface area (Å²) in [7, 11) is 0. The summed E-state index contributed by atoms with van der Waals surface area (Å²) in [5.74, 6) is -0.341. The van der Waals surface area contributed by atoms with E-state index in [1.165, 1.54) is 4.88 Å². The molecule has 1 atom stereocenters. The van der Waals surface area contributed by atoms with Crippen molar-refractivity contribution in [2.45, 2.75) is 25.8 Å². The number of nitrogens with one attached hydrogen (secondary N) is 1. The largest absolute Gasteiger partial charge is 0.310 e. The van der Waals surface area contributed by atoms with Gasteiger partial charge in [-0.05, 0) is 46.4 Å². The zero-order chi connectivity index (χ0) is 14.5. The molecule has 2 aromatic rings. The van der Waals surface area contributed by atoms with Gasteiger partial charge in [0.15, 0.2) is 0 Å². The number of benzene rings is 1. The van der Waals surface area contributed by atoms with Crippen LogP contribution in [0.4, 0.5) is 4.39 Å². The smallest absolute Gasteiger partial charge is 0.147 e. The zero-order valence-corrected chi connectivity index (χ0v) is 14.3. The second-order valence-electron chi connectivity index (χ2n) is 4.55. The maximum Gasteiger partial charge on any atom is 0.147 e. The Morgan fingerprint density at radius 2 is 2.20 bits per heavy atom. The van der Waals surface area contributed by atoms with E-state index in [1.807, 2.05) is 11.4 Å². The van der Waals surface area contributed by atoms with Gasteiger partial charge in [0, 0.05) is 27.4 Å². The van der Waals surface area contributed by atoms with E-state index in [1.54, 1.807) is 23.5 Å². The normalized spacial score (nSPS) is 12.6. The summed E-state index contributed by atoms with van der Waals surface area (Å²) < 4.78 is 15.0. The van der Waals surface area contributed by atoms with Crippen LogP contribution in [0.3, 0.4) is 0 Å². The first-order valence-electron chi connectivity index (χ1n) is 6.52. The summed E-state index contributed by atoms with van der Waals surface area (Å²) in [5.41, 5.74) is 0.625. The molecule has 0 aliphatic rings. The number of halogens is 3. The van der Waals surface area contributed by atoms with Crippen LogP contribution in [-0.2, 0) is 6.42 Å². The van der Waals surface area contributed by atoms with Crippen molar-refractivity contribution in [3.8, 4) is 0 Å². The third kappa shape index (κ3) is 3.82. The number of hydrogen-bond donors (Lipinski definition) is 1. The van der Waals surface area contributed by atoms with Crippen LogP contribution in [0, 0.1) is 5.82 Å². The topological polar surface area (TPSA) is 12.0 Å². The van der Waals surface area contributed by atoms with Crippen molar-refractivity contribution in [3.05, 3.63) is 55.4 Å². The molecule has 0 spiro atoms. The lowest BCUT2D eigenvalue weighted by Crippen LogP contribution is -2.24. The molecule has 0 saturated heterocycles. The fourth-order valence-corrected chi connectivity index (χ4v) is 3.28. The van der Waals surface area contributed by atoms with Crippen LogP contribution in [0.1, 0.15) is 29.8 Å². The van der Waals surface area contributed by atoms with Crippen molar-refractivity contribution in [2.24, 2.45) is 0 Å². The summed E-state index contributed by atoms with van der Waals surface area (Å²) in [6, 6.07) is 7.63. The first-order valence-corrected chi connectivity index (χ1v) is 8.57. The third-order valence-electron chi connectivity index (χ3n) is 3.07. The van der Waals surface area contributed by atoms with Crippen molar-refractivity contribution in [1.82, 2.24) is 5.32 Å². The molecule has 1 N–H and O–H groups in total.